The molecule has 0 aromatic heterocycles. The van der Waals surface area contributed by atoms with Crippen molar-refractivity contribution >= 4 is 33.6 Å². The first-order valence-electron chi connectivity index (χ1n) is 10.4. The maximum Gasteiger partial charge on any atom is 0.138 e. The Labute approximate surface area is 186 Å². The van der Waals surface area contributed by atoms with E-state index in [4.69, 9.17) is 22.1 Å². The summed E-state index contributed by atoms with van der Waals surface area (Å²) in [5.74, 6) is 0.789. The minimum absolute atomic E-state index is 0.00639. The van der Waals surface area contributed by atoms with Crippen molar-refractivity contribution in [3.63, 3.8) is 0 Å². The van der Waals surface area contributed by atoms with Crippen LogP contribution in [0.4, 0.5) is 0 Å². The molecular weight excluding hydrogens is 448 g/mol. The number of nitrogens with two attached hydrogens (primary N) is 1. The van der Waals surface area contributed by atoms with Crippen LogP contribution in [0.1, 0.15) is 55.7 Å². The highest BCUT2D eigenvalue weighted by molar-refractivity contribution is 9.10. The average Bonchev–Trinajstić information content (AvgIpc) is 2.74. The van der Waals surface area contributed by atoms with Crippen LogP contribution in [0.5, 0.6) is 5.75 Å². The van der Waals surface area contributed by atoms with Crippen molar-refractivity contribution in [1.82, 2.24) is 5.32 Å². The van der Waals surface area contributed by atoms with Gasteiger partial charge in [-0.25, -0.2) is 0 Å². The van der Waals surface area contributed by atoms with Gasteiger partial charge in [-0.05, 0) is 85.3 Å². The minimum Gasteiger partial charge on any atom is -0.489 e. The van der Waals surface area contributed by atoms with Crippen LogP contribution >= 0.6 is 27.5 Å². The predicted octanol–water partition coefficient (Wildman–Crippen LogP) is 6.17. The Hall–Kier alpha value is -1.49. The summed E-state index contributed by atoms with van der Waals surface area (Å²) in [5.41, 5.74) is 10.4. The third-order valence-corrected chi connectivity index (χ3v) is 7.32. The van der Waals surface area contributed by atoms with Crippen LogP contribution < -0.4 is 15.8 Å². The number of benzene rings is 2. The van der Waals surface area contributed by atoms with Crippen molar-refractivity contribution in [3.8, 4) is 5.75 Å². The highest BCUT2D eigenvalue weighted by Crippen LogP contribution is 2.44. The molecule has 1 fully saturated rings. The van der Waals surface area contributed by atoms with E-state index in [0.717, 1.165) is 48.9 Å². The van der Waals surface area contributed by atoms with E-state index < -0.39 is 0 Å². The lowest BCUT2D eigenvalue weighted by Gasteiger charge is -2.44. The number of hydrogen-bond donors (Lipinski definition) is 2. The maximum atomic E-state index is 6.67. The van der Waals surface area contributed by atoms with E-state index in [-0.39, 0.29) is 17.6 Å². The summed E-state index contributed by atoms with van der Waals surface area (Å²) in [4.78, 5) is 0. The minimum atomic E-state index is 0.00639. The number of halogens is 2. The van der Waals surface area contributed by atoms with Crippen LogP contribution in [0.2, 0.25) is 5.02 Å². The lowest BCUT2D eigenvalue weighted by Crippen LogP contribution is -2.48. The van der Waals surface area contributed by atoms with Gasteiger partial charge in [0.15, 0.2) is 0 Å². The topological polar surface area (TPSA) is 47.3 Å². The molecule has 1 heterocycles. The summed E-state index contributed by atoms with van der Waals surface area (Å²) in [5, 5.41) is 3.91. The van der Waals surface area contributed by atoms with Gasteiger partial charge in [-0.3, -0.25) is 0 Å². The van der Waals surface area contributed by atoms with E-state index in [9.17, 15) is 0 Å². The lowest BCUT2D eigenvalue weighted by atomic mass is 9.64. The summed E-state index contributed by atoms with van der Waals surface area (Å²) in [6, 6.07) is 12.9. The summed E-state index contributed by atoms with van der Waals surface area (Å²) >= 11 is 10.1. The van der Waals surface area contributed by atoms with Gasteiger partial charge in [0.25, 0.3) is 0 Å². The Morgan fingerprint density at radius 2 is 2.07 bits per heavy atom. The number of hydrogen-bond acceptors (Lipinski definition) is 3. The standard InChI is InChI=1S/C24H28BrClN2O/c1-2-23(27)24(18-4-3-5-19(25)14-18)9-6-20(7-10-24)29-22-13-16-8-11-28-15-17(16)12-21(22)26/h3-5,8,11-14,20,23,28H,2,6-7,9-10,15,27H2,1H3/t20?,23-,24?/m1/s1. The van der Waals surface area contributed by atoms with Crippen molar-refractivity contribution in [1.29, 1.82) is 0 Å². The number of ether oxygens (including phenoxy) is 1. The molecule has 0 amide bonds. The first kappa shape index (κ1) is 20.8. The fourth-order valence-electron chi connectivity index (χ4n) is 4.79. The quantitative estimate of drug-likeness (QED) is 0.543. The van der Waals surface area contributed by atoms with Gasteiger partial charge in [-0.15, -0.1) is 0 Å². The molecule has 0 bridgehead atoms. The molecule has 29 heavy (non-hydrogen) atoms. The third-order valence-electron chi connectivity index (χ3n) is 6.53. The summed E-state index contributed by atoms with van der Waals surface area (Å²) in [6.45, 7) is 2.99. The Bertz CT molecular complexity index is 906. The molecular formula is C24H28BrClN2O. The van der Waals surface area contributed by atoms with E-state index in [1.807, 2.05) is 12.3 Å². The maximum absolute atomic E-state index is 6.67. The largest absolute Gasteiger partial charge is 0.489 e. The molecule has 0 spiro atoms. The Balaban J connectivity index is 1.51. The zero-order valence-electron chi connectivity index (χ0n) is 16.8. The Morgan fingerprint density at radius 1 is 1.28 bits per heavy atom. The van der Waals surface area contributed by atoms with Gasteiger partial charge in [0.2, 0.25) is 0 Å². The van der Waals surface area contributed by atoms with Crippen molar-refractivity contribution in [2.24, 2.45) is 5.73 Å². The van der Waals surface area contributed by atoms with Gasteiger partial charge in [-0.2, -0.15) is 0 Å². The van der Waals surface area contributed by atoms with E-state index in [1.165, 1.54) is 16.7 Å². The van der Waals surface area contributed by atoms with E-state index >= 15 is 0 Å². The van der Waals surface area contributed by atoms with E-state index in [0.29, 0.717) is 5.02 Å². The fourth-order valence-corrected chi connectivity index (χ4v) is 5.42. The molecule has 2 aromatic rings. The number of nitrogens with one attached hydrogen (secondary N) is 1. The molecule has 0 unspecified atom stereocenters. The molecule has 4 rings (SSSR count). The van der Waals surface area contributed by atoms with Crippen LogP contribution in [-0.4, -0.2) is 12.1 Å². The smallest absolute Gasteiger partial charge is 0.138 e. The zero-order valence-corrected chi connectivity index (χ0v) is 19.1. The molecule has 1 aliphatic carbocycles. The summed E-state index contributed by atoms with van der Waals surface area (Å²) in [7, 11) is 0. The van der Waals surface area contributed by atoms with Crippen molar-refractivity contribution in [2.75, 3.05) is 0 Å². The van der Waals surface area contributed by atoms with Crippen molar-refractivity contribution < 1.29 is 4.74 Å². The van der Waals surface area contributed by atoms with Crippen LogP contribution in [-0.2, 0) is 12.0 Å². The molecule has 3 N–H and O–H groups in total. The van der Waals surface area contributed by atoms with Gasteiger partial charge in [0.1, 0.15) is 5.75 Å². The molecule has 2 aliphatic rings. The second-order valence-corrected chi connectivity index (χ2v) is 9.52. The highest BCUT2D eigenvalue weighted by atomic mass is 79.9. The molecule has 154 valence electrons. The van der Waals surface area contributed by atoms with Gasteiger partial charge in [0, 0.05) is 22.5 Å². The second-order valence-electron chi connectivity index (χ2n) is 8.19. The molecule has 2 aromatic carbocycles. The molecule has 0 radical (unpaired) electrons. The third kappa shape index (κ3) is 4.21. The molecule has 1 aliphatic heterocycles. The van der Waals surface area contributed by atoms with Crippen molar-refractivity contribution in [3.05, 3.63) is 68.8 Å². The first-order valence-corrected chi connectivity index (χ1v) is 11.6. The van der Waals surface area contributed by atoms with Crippen LogP contribution in [0, 0.1) is 0 Å². The van der Waals surface area contributed by atoms with Gasteiger partial charge < -0.3 is 15.8 Å². The molecule has 0 saturated heterocycles. The summed E-state index contributed by atoms with van der Waals surface area (Å²) in [6.07, 6.45) is 9.18. The van der Waals surface area contributed by atoms with Gasteiger partial charge in [-0.1, -0.05) is 46.6 Å². The Kier molecular flexibility index (Phi) is 6.24. The molecule has 3 nitrogen and oxygen atoms in total. The average molecular weight is 476 g/mol. The molecule has 1 atom stereocenters. The van der Waals surface area contributed by atoms with E-state index in [1.54, 1.807) is 0 Å². The van der Waals surface area contributed by atoms with Crippen LogP contribution in [0.3, 0.4) is 0 Å². The fraction of sp³-hybridized carbons (Fsp3) is 0.417. The van der Waals surface area contributed by atoms with Crippen LogP contribution in [0.15, 0.2) is 47.1 Å². The van der Waals surface area contributed by atoms with Gasteiger partial charge >= 0.3 is 0 Å². The number of rotatable bonds is 5. The molecule has 1 saturated carbocycles. The lowest BCUT2D eigenvalue weighted by molar-refractivity contribution is 0.103. The van der Waals surface area contributed by atoms with Crippen molar-refractivity contribution in [2.45, 2.75) is 63.1 Å². The summed E-state index contributed by atoms with van der Waals surface area (Å²) < 4.78 is 7.49. The first-order chi connectivity index (χ1) is 14.0. The van der Waals surface area contributed by atoms with Crippen LogP contribution in [0.25, 0.3) is 6.08 Å². The Morgan fingerprint density at radius 3 is 2.79 bits per heavy atom. The number of fused-ring (bicyclic) bond motifs is 1. The zero-order chi connectivity index (χ0) is 20.4. The van der Waals surface area contributed by atoms with E-state index in [2.05, 4.69) is 64.6 Å². The SMILES string of the molecule is CC[C@@H](N)C1(c2cccc(Br)c2)CCC(Oc2cc3c(cc2Cl)CNC=C3)CC1. The predicted molar refractivity (Wildman–Crippen MR) is 124 cm³/mol. The monoisotopic (exact) mass is 474 g/mol. The second kappa shape index (κ2) is 8.71. The molecule has 5 heteroatoms. The van der Waals surface area contributed by atoms with Gasteiger partial charge in [0.05, 0.1) is 11.1 Å². The normalized spacial score (nSPS) is 24.5. The highest BCUT2D eigenvalue weighted by Gasteiger charge is 2.41.